The normalized spacial score (nSPS) is 14.8. The van der Waals surface area contributed by atoms with Crippen LogP contribution in [0.4, 0.5) is 11.4 Å². The molecular formula is C22H29N3O6S2. The Morgan fingerprint density at radius 3 is 2.27 bits per heavy atom. The number of benzene rings is 2. The Morgan fingerprint density at radius 2 is 1.70 bits per heavy atom. The van der Waals surface area contributed by atoms with Crippen molar-refractivity contribution in [3.05, 3.63) is 47.5 Å². The van der Waals surface area contributed by atoms with E-state index in [1.54, 1.807) is 18.2 Å². The van der Waals surface area contributed by atoms with Crippen molar-refractivity contribution in [1.82, 2.24) is 4.31 Å². The Bertz CT molecular complexity index is 1250. The lowest BCUT2D eigenvalue weighted by Crippen LogP contribution is -2.37. The molecule has 0 aromatic heterocycles. The lowest BCUT2D eigenvalue weighted by molar-refractivity contribution is -0.114. The van der Waals surface area contributed by atoms with Crippen molar-refractivity contribution in [2.75, 3.05) is 42.6 Å². The number of rotatable bonds is 8. The summed E-state index contributed by atoms with van der Waals surface area (Å²) in [5, 5.41) is 2.61. The maximum absolute atomic E-state index is 12.9. The average Bonchev–Trinajstić information content (AvgIpc) is 3.29. The van der Waals surface area contributed by atoms with Crippen molar-refractivity contribution in [2.45, 2.75) is 31.6 Å². The van der Waals surface area contributed by atoms with Gasteiger partial charge in [0.05, 0.1) is 29.6 Å². The molecule has 1 aliphatic heterocycles. The lowest BCUT2D eigenvalue weighted by Gasteiger charge is -2.23. The molecule has 11 heteroatoms. The zero-order chi connectivity index (χ0) is 24.4. The Labute approximate surface area is 195 Å². The molecule has 3 rings (SSSR count). The molecule has 0 atom stereocenters. The van der Waals surface area contributed by atoms with Gasteiger partial charge in [-0.15, -0.1) is 0 Å². The first-order valence-electron chi connectivity index (χ1n) is 10.5. The summed E-state index contributed by atoms with van der Waals surface area (Å²) in [6.45, 7) is 4.20. The van der Waals surface area contributed by atoms with Crippen molar-refractivity contribution in [2.24, 2.45) is 0 Å². The summed E-state index contributed by atoms with van der Waals surface area (Å²) in [6, 6.07) is 9.37. The van der Waals surface area contributed by atoms with Crippen LogP contribution in [0.15, 0.2) is 41.3 Å². The fraction of sp³-hybridized carbons (Fsp3) is 0.409. The first kappa shape index (κ1) is 25.0. The number of ether oxygens (including phenoxy) is 1. The highest BCUT2D eigenvalue weighted by Crippen LogP contribution is 2.30. The maximum Gasteiger partial charge on any atom is 0.245 e. The summed E-state index contributed by atoms with van der Waals surface area (Å²) in [4.78, 5) is 12.9. The summed E-state index contributed by atoms with van der Waals surface area (Å²) in [5.74, 6) is -0.367. The Kier molecular flexibility index (Phi) is 7.35. The van der Waals surface area contributed by atoms with Crippen molar-refractivity contribution >= 4 is 37.3 Å². The largest absolute Gasteiger partial charge is 0.495 e. The van der Waals surface area contributed by atoms with E-state index in [2.05, 4.69) is 5.32 Å². The molecule has 1 fully saturated rings. The third-order valence-electron chi connectivity index (χ3n) is 5.61. The molecule has 33 heavy (non-hydrogen) atoms. The van der Waals surface area contributed by atoms with Crippen molar-refractivity contribution < 1.29 is 26.4 Å². The molecule has 0 saturated carbocycles. The molecule has 2 aromatic rings. The molecule has 1 amide bonds. The third-order valence-corrected chi connectivity index (χ3v) is 8.65. The van der Waals surface area contributed by atoms with Gasteiger partial charge in [0.2, 0.25) is 26.0 Å². The molecule has 1 saturated heterocycles. The lowest BCUT2D eigenvalue weighted by atomic mass is 10.1. The second-order valence-electron chi connectivity index (χ2n) is 8.06. The zero-order valence-corrected chi connectivity index (χ0v) is 20.8. The highest BCUT2D eigenvalue weighted by Gasteiger charge is 2.28. The van der Waals surface area contributed by atoms with Gasteiger partial charge in [-0.3, -0.25) is 9.10 Å². The van der Waals surface area contributed by atoms with Gasteiger partial charge in [0.1, 0.15) is 12.3 Å². The maximum atomic E-state index is 12.9. The SMILES string of the molecule is COc1ccc(S(=O)(=O)N2CCCC2)cc1NC(=O)CN(c1ccc(C)c(C)c1)S(C)(=O)=O. The zero-order valence-electron chi connectivity index (χ0n) is 19.2. The summed E-state index contributed by atoms with van der Waals surface area (Å²) >= 11 is 0. The number of anilines is 2. The van der Waals surface area contributed by atoms with Crippen LogP contribution in [-0.2, 0) is 24.8 Å². The van der Waals surface area contributed by atoms with Gasteiger partial charge in [-0.2, -0.15) is 4.31 Å². The number of hydrogen-bond acceptors (Lipinski definition) is 6. The van der Waals surface area contributed by atoms with Crippen molar-refractivity contribution in [3.8, 4) is 5.75 Å². The van der Waals surface area contributed by atoms with Gasteiger partial charge in [0.15, 0.2) is 0 Å². The highest BCUT2D eigenvalue weighted by molar-refractivity contribution is 7.92. The third kappa shape index (κ3) is 5.66. The summed E-state index contributed by atoms with van der Waals surface area (Å²) < 4.78 is 58.3. The Hall–Kier alpha value is -2.63. The molecular weight excluding hydrogens is 466 g/mol. The summed E-state index contributed by atoms with van der Waals surface area (Å²) in [6.07, 6.45) is 2.64. The molecule has 0 unspecified atom stereocenters. The van der Waals surface area contributed by atoms with Crippen LogP contribution in [0.25, 0.3) is 0 Å². The van der Waals surface area contributed by atoms with Gasteiger partial charge in [-0.1, -0.05) is 6.07 Å². The van der Waals surface area contributed by atoms with Crippen LogP contribution in [0, 0.1) is 13.8 Å². The molecule has 9 nitrogen and oxygen atoms in total. The highest BCUT2D eigenvalue weighted by atomic mass is 32.2. The van der Waals surface area contributed by atoms with Gasteiger partial charge in [0, 0.05) is 13.1 Å². The number of amides is 1. The number of carbonyl (C=O) groups excluding carboxylic acids is 1. The number of methoxy groups -OCH3 is 1. The molecule has 2 aromatic carbocycles. The number of nitrogens with one attached hydrogen (secondary N) is 1. The van der Waals surface area contributed by atoms with E-state index in [0.717, 1.165) is 34.5 Å². The van der Waals surface area contributed by atoms with E-state index >= 15 is 0 Å². The average molecular weight is 496 g/mol. The van der Waals surface area contributed by atoms with Gasteiger partial charge < -0.3 is 10.1 Å². The first-order chi connectivity index (χ1) is 15.4. The minimum absolute atomic E-state index is 0.0367. The van der Waals surface area contributed by atoms with Crippen molar-refractivity contribution in [3.63, 3.8) is 0 Å². The molecule has 0 aliphatic carbocycles. The van der Waals surface area contributed by atoms with Gasteiger partial charge in [-0.25, -0.2) is 16.8 Å². The van der Waals surface area contributed by atoms with Crippen LogP contribution < -0.4 is 14.4 Å². The van der Waals surface area contributed by atoms with Crippen LogP contribution in [0.2, 0.25) is 0 Å². The van der Waals surface area contributed by atoms with E-state index in [1.165, 1.54) is 29.6 Å². The molecule has 0 spiro atoms. The quantitative estimate of drug-likeness (QED) is 0.602. The van der Waals surface area contributed by atoms with Crippen LogP contribution in [0.3, 0.4) is 0 Å². The molecule has 1 aliphatic rings. The standard InChI is InChI=1S/C22H29N3O6S2/c1-16-7-8-18(13-17(16)2)25(32(4,27)28)15-22(26)23-20-14-19(9-10-21(20)31-3)33(29,30)24-11-5-6-12-24/h7-10,13-14H,5-6,11-12,15H2,1-4H3,(H,23,26). The fourth-order valence-electron chi connectivity index (χ4n) is 3.62. The van der Waals surface area contributed by atoms with Gasteiger partial charge in [-0.05, 0) is 68.1 Å². The van der Waals surface area contributed by atoms with Gasteiger partial charge >= 0.3 is 0 Å². The monoisotopic (exact) mass is 495 g/mol. The number of sulfonamides is 2. The number of carbonyl (C=O) groups is 1. The second kappa shape index (κ2) is 9.70. The number of aryl methyl sites for hydroxylation is 2. The summed E-state index contributed by atoms with van der Waals surface area (Å²) in [7, 11) is -6.05. The molecule has 1 N–H and O–H groups in total. The fourth-order valence-corrected chi connectivity index (χ4v) is 6.02. The van der Waals surface area contributed by atoms with Gasteiger partial charge in [0.25, 0.3) is 0 Å². The molecule has 180 valence electrons. The number of hydrogen-bond donors (Lipinski definition) is 1. The number of nitrogens with zero attached hydrogens (tertiary/aromatic N) is 2. The molecule has 1 heterocycles. The van der Waals surface area contributed by atoms with E-state index in [-0.39, 0.29) is 16.3 Å². The summed E-state index contributed by atoms with van der Waals surface area (Å²) in [5.41, 5.74) is 2.41. The van der Waals surface area contributed by atoms with E-state index in [9.17, 15) is 21.6 Å². The Balaban J connectivity index is 1.88. The first-order valence-corrected chi connectivity index (χ1v) is 13.8. The predicted molar refractivity (Wildman–Crippen MR) is 128 cm³/mol. The van der Waals surface area contributed by atoms with Crippen LogP contribution in [0.5, 0.6) is 5.75 Å². The van der Waals surface area contributed by atoms with E-state index in [1.807, 2.05) is 13.8 Å². The Morgan fingerprint density at radius 1 is 1.03 bits per heavy atom. The van der Waals surface area contributed by atoms with E-state index in [0.29, 0.717) is 18.8 Å². The predicted octanol–water partition coefficient (Wildman–Crippen LogP) is 2.50. The second-order valence-corrected chi connectivity index (χ2v) is 11.9. The minimum Gasteiger partial charge on any atom is -0.495 e. The van der Waals surface area contributed by atoms with Crippen LogP contribution in [0.1, 0.15) is 24.0 Å². The molecule has 0 radical (unpaired) electrons. The van der Waals surface area contributed by atoms with Crippen LogP contribution in [-0.4, -0.2) is 60.0 Å². The topological polar surface area (TPSA) is 113 Å². The molecule has 0 bridgehead atoms. The van der Waals surface area contributed by atoms with E-state index < -0.39 is 32.5 Å². The van der Waals surface area contributed by atoms with Crippen molar-refractivity contribution in [1.29, 1.82) is 0 Å². The van der Waals surface area contributed by atoms with E-state index in [4.69, 9.17) is 4.74 Å². The smallest absolute Gasteiger partial charge is 0.245 e. The minimum atomic E-state index is -3.75. The van der Waals surface area contributed by atoms with Crippen LogP contribution >= 0.6 is 0 Å².